The number of rotatable bonds is 9. The fourth-order valence-corrected chi connectivity index (χ4v) is 3.46. The number of allylic oxidation sites excluding steroid dienone is 4. The van der Waals surface area contributed by atoms with Gasteiger partial charge in [-0.1, -0.05) is 56.2 Å². The maximum Gasteiger partial charge on any atom is 0.374 e. The van der Waals surface area contributed by atoms with Crippen LogP contribution < -0.4 is 0 Å². The summed E-state index contributed by atoms with van der Waals surface area (Å²) in [5.74, 6) is -13.1. The maximum absolute atomic E-state index is 14.3. The number of aryl methyl sites for hydroxylation is 1. The van der Waals surface area contributed by atoms with Gasteiger partial charge in [-0.2, -0.15) is 17.6 Å². The maximum atomic E-state index is 14.3. The summed E-state index contributed by atoms with van der Waals surface area (Å²) in [6.45, 7) is 3.36. The normalized spacial score (nSPS) is 16.5. The largest absolute Gasteiger partial charge is 0.492 e. The molecular formula is C26H26F4O3. The molecule has 0 heterocycles. The van der Waals surface area contributed by atoms with Crippen molar-refractivity contribution in [3.63, 3.8) is 0 Å². The molecular weight excluding hydrogens is 436 g/mol. The molecule has 3 nitrogen and oxygen atoms in total. The highest BCUT2D eigenvalue weighted by atomic mass is 19.3. The van der Waals surface area contributed by atoms with Gasteiger partial charge in [0.05, 0.1) is 12.2 Å². The number of ether oxygens (including phenoxy) is 2. The quantitative estimate of drug-likeness (QED) is 0.222. The van der Waals surface area contributed by atoms with Crippen LogP contribution in [0.5, 0.6) is 0 Å². The molecule has 0 saturated carbocycles. The Morgan fingerprint density at radius 3 is 1.91 bits per heavy atom. The topological polar surface area (TPSA) is 35.5 Å². The van der Waals surface area contributed by atoms with E-state index in [1.165, 1.54) is 31.0 Å². The third-order valence-corrected chi connectivity index (χ3v) is 5.38. The minimum Gasteiger partial charge on any atom is -0.492 e. The van der Waals surface area contributed by atoms with Gasteiger partial charge in [0.1, 0.15) is 0 Å². The van der Waals surface area contributed by atoms with E-state index in [2.05, 4.69) is 28.5 Å². The van der Waals surface area contributed by atoms with E-state index in [0.717, 1.165) is 30.4 Å². The lowest BCUT2D eigenvalue weighted by molar-refractivity contribution is -0.200. The lowest BCUT2D eigenvalue weighted by Gasteiger charge is -2.31. The summed E-state index contributed by atoms with van der Waals surface area (Å²) < 4.78 is 66.1. The number of carbonyl (C=O) groups is 1. The molecule has 0 bridgehead atoms. The standard InChI is InChI=1S/C26H26F4O3/c1-3-5-6-7-18-8-10-19(11-9-18)20-12-14-21(15-13-20)24(31)33-23-17-16-22(32-4-2)25(27,28)26(23,29)30/h8-17H,3-7H2,1-2H3. The van der Waals surface area contributed by atoms with Gasteiger partial charge in [-0.15, -0.1) is 0 Å². The zero-order valence-corrected chi connectivity index (χ0v) is 18.5. The summed E-state index contributed by atoms with van der Waals surface area (Å²) in [5, 5.41) is 0. The van der Waals surface area contributed by atoms with Crippen LogP contribution >= 0.6 is 0 Å². The third-order valence-electron chi connectivity index (χ3n) is 5.38. The van der Waals surface area contributed by atoms with Crippen molar-refractivity contribution in [1.82, 2.24) is 0 Å². The average molecular weight is 462 g/mol. The molecule has 1 aliphatic rings. The molecule has 0 spiro atoms. The smallest absolute Gasteiger partial charge is 0.374 e. The van der Waals surface area contributed by atoms with E-state index >= 15 is 0 Å². The highest BCUT2D eigenvalue weighted by Gasteiger charge is 2.65. The van der Waals surface area contributed by atoms with E-state index < -0.39 is 29.3 Å². The average Bonchev–Trinajstić information content (AvgIpc) is 2.80. The third kappa shape index (κ3) is 5.29. The molecule has 2 aromatic carbocycles. The van der Waals surface area contributed by atoms with Crippen LogP contribution in [0.2, 0.25) is 0 Å². The van der Waals surface area contributed by atoms with Crippen molar-refractivity contribution >= 4 is 5.97 Å². The Morgan fingerprint density at radius 2 is 1.33 bits per heavy atom. The van der Waals surface area contributed by atoms with Crippen LogP contribution in [0.4, 0.5) is 17.6 Å². The molecule has 0 aliphatic heterocycles. The first-order valence-corrected chi connectivity index (χ1v) is 10.9. The first kappa shape index (κ1) is 24.6. The van der Waals surface area contributed by atoms with Crippen LogP contribution in [0.3, 0.4) is 0 Å². The molecule has 176 valence electrons. The van der Waals surface area contributed by atoms with E-state index in [0.29, 0.717) is 12.2 Å². The lowest BCUT2D eigenvalue weighted by atomic mass is 10.0. The molecule has 0 radical (unpaired) electrons. The Hall–Kier alpha value is -3.09. The first-order valence-electron chi connectivity index (χ1n) is 10.9. The van der Waals surface area contributed by atoms with Gasteiger partial charge < -0.3 is 9.47 Å². The molecule has 0 unspecified atom stereocenters. The van der Waals surface area contributed by atoms with Crippen LogP contribution in [0.25, 0.3) is 11.1 Å². The van der Waals surface area contributed by atoms with Crippen molar-refractivity contribution in [2.24, 2.45) is 0 Å². The number of hydrogen-bond acceptors (Lipinski definition) is 3. The SMILES string of the molecule is CCCCCc1ccc(-c2ccc(C(=O)OC3=CC=C(OCC)C(F)(F)C3(F)F)cc2)cc1. The summed E-state index contributed by atoms with van der Waals surface area (Å²) in [5.41, 5.74) is 2.97. The number of carbonyl (C=O) groups excluding carboxylic acids is 1. The molecule has 0 N–H and O–H groups in total. The summed E-state index contributed by atoms with van der Waals surface area (Å²) in [6, 6.07) is 14.2. The molecule has 0 amide bonds. The molecule has 0 atom stereocenters. The fraction of sp³-hybridized carbons (Fsp3) is 0.346. The molecule has 33 heavy (non-hydrogen) atoms. The van der Waals surface area contributed by atoms with Crippen molar-refractivity contribution < 1.29 is 31.8 Å². The van der Waals surface area contributed by atoms with Gasteiger partial charge in [-0.3, -0.25) is 0 Å². The van der Waals surface area contributed by atoms with Gasteiger partial charge in [0, 0.05) is 0 Å². The molecule has 0 aromatic heterocycles. The van der Waals surface area contributed by atoms with Crippen LogP contribution in [-0.2, 0) is 15.9 Å². The Bertz CT molecular complexity index is 1020. The second-order valence-corrected chi connectivity index (χ2v) is 7.76. The minimum absolute atomic E-state index is 0.0328. The Balaban J connectivity index is 1.70. The zero-order chi connectivity index (χ0) is 24.1. The first-order chi connectivity index (χ1) is 15.7. The molecule has 0 fully saturated rings. The molecule has 1 aliphatic carbocycles. The second kappa shape index (κ2) is 10.2. The van der Waals surface area contributed by atoms with E-state index in [1.54, 1.807) is 12.1 Å². The van der Waals surface area contributed by atoms with Crippen molar-refractivity contribution in [1.29, 1.82) is 0 Å². The number of unbranched alkanes of at least 4 members (excludes halogenated alkanes) is 2. The van der Waals surface area contributed by atoms with Crippen molar-refractivity contribution in [3.8, 4) is 11.1 Å². The van der Waals surface area contributed by atoms with Crippen LogP contribution in [0.1, 0.15) is 49.0 Å². The second-order valence-electron chi connectivity index (χ2n) is 7.76. The van der Waals surface area contributed by atoms with E-state index in [9.17, 15) is 22.4 Å². The molecule has 3 rings (SSSR count). The summed E-state index contributed by atoms with van der Waals surface area (Å²) in [4.78, 5) is 12.3. The van der Waals surface area contributed by atoms with E-state index in [-0.39, 0.29) is 12.2 Å². The van der Waals surface area contributed by atoms with Crippen molar-refractivity contribution in [3.05, 3.63) is 83.3 Å². The number of hydrogen-bond donors (Lipinski definition) is 0. The van der Waals surface area contributed by atoms with Gasteiger partial charge in [-0.05, 0) is 60.7 Å². The number of esters is 1. The van der Waals surface area contributed by atoms with Crippen LogP contribution in [0.15, 0.2) is 72.2 Å². The summed E-state index contributed by atoms with van der Waals surface area (Å²) in [7, 11) is 0. The Kier molecular flexibility index (Phi) is 7.61. The van der Waals surface area contributed by atoms with Gasteiger partial charge in [0.25, 0.3) is 0 Å². The highest BCUT2D eigenvalue weighted by Crippen LogP contribution is 2.48. The monoisotopic (exact) mass is 462 g/mol. The molecule has 2 aromatic rings. The highest BCUT2D eigenvalue weighted by molar-refractivity contribution is 5.91. The van der Waals surface area contributed by atoms with Gasteiger partial charge in [-0.25, -0.2) is 4.79 Å². The van der Waals surface area contributed by atoms with Crippen LogP contribution in [0, 0.1) is 0 Å². The Morgan fingerprint density at radius 1 is 0.788 bits per heavy atom. The molecule has 0 saturated heterocycles. The van der Waals surface area contributed by atoms with Crippen LogP contribution in [-0.4, -0.2) is 24.4 Å². The number of alkyl halides is 4. The van der Waals surface area contributed by atoms with Gasteiger partial charge in [0.2, 0.25) is 0 Å². The minimum atomic E-state index is -4.72. The van der Waals surface area contributed by atoms with Gasteiger partial charge in [0.15, 0.2) is 11.5 Å². The number of halogens is 4. The van der Waals surface area contributed by atoms with Gasteiger partial charge >= 0.3 is 17.8 Å². The number of benzene rings is 2. The van der Waals surface area contributed by atoms with E-state index in [4.69, 9.17) is 0 Å². The Labute approximate surface area is 190 Å². The van der Waals surface area contributed by atoms with E-state index in [1.807, 2.05) is 12.1 Å². The summed E-state index contributed by atoms with van der Waals surface area (Å²) in [6.07, 6.45) is 5.82. The predicted octanol–water partition coefficient (Wildman–Crippen LogP) is 7.33. The fourth-order valence-electron chi connectivity index (χ4n) is 3.46. The zero-order valence-electron chi connectivity index (χ0n) is 18.5. The van der Waals surface area contributed by atoms with Crippen molar-refractivity contribution in [2.75, 3.05) is 6.61 Å². The molecule has 7 heteroatoms. The van der Waals surface area contributed by atoms with Crippen molar-refractivity contribution in [2.45, 2.75) is 51.4 Å². The lowest BCUT2D eigenvalue weighted by Crippen LogP contribution is -2.47. The predicted molar refractivity (Wildman–Crippen MR) is 118 cm³/mol. The summed E-state index contributed by atoms with van der Waals surface area (Å²) >= 11 is 0.